The van der Waals surface area contributed by atoms with Gasteiger partial charge in [0.2, 0.25) is 5.76 Å². The van der Waals surface area contributed by atoms with Crippen molar-refractivity contribution in [2.24, 2.45) is 0 Å². The Balaban J connectivity index is 1.43. The number of fused-ring (bicyclic) bond motifs is 2. The van der Waals surface area contributed by atoms with Gasteiger partial charge in [-0.25, -0.2) is 0 Å². The summed E-state index contributed by atoms with van der Waals surface area (Å²) in [6.45, 7) is 0. The van der Waals surface area contributed by atoms with Crippen LogP contribution < -0.4 is 14.2 Å². The van der Waals surface area contributed by atoms with Crippen molar-refractivity contribution in [2.45, 2.75) is 0 Å². The molecule has 0 bridgehead atoms. The van der Waals surface area contributed by atoms with Gasteiger partial charge in [0.05, 0.1) is 17.4 Å². The van der Waals surface area contributed by atoms with Crippen molar-refractivity contribution in [3.63, 3.8) is 0 Å². The zero-order valence-corrected chi connectivity index (χ0v) is 13.6. The SMILES string of the molecule is O=C(SNc1cnc2ccccc2c1)C1=COc2cc(O)ccc2O1. The predicted molar refractivity (Wildman–Crippen MR) is 95.4 cm³/mol. The Morgan fingerprint density at radius 3 is 2.92 bits per heavy atom. The lowest BCUT2D eigenvalue weighted by Gasteiger charge is -2.17. The molecule has 1 aliphatic rings. The van der Waals surface area contributed by atoms with E-state index in [1.54, 1.807) is 6.20 Å². The smallest absolute Gasteiger partial charge is 0.278 e. The van der Waals surface area contributed by atoms with Gasteiger partial charge in [-0.15, -0.1) is 0 Å². The van der Waals surface area contributed by atoms with Crippen molar-refractivity contribution >= 4 is 33.7 Å². The number of benzene rings is 2. The highest BCUT2D eigenvalue weighted by atomic mass is 32.2. The summed E-state index contributed by atoms with van der Waals surface area (Å²) in [6.07, 6.45) is 2.88. The van der Waals surface area contributed by atoms with Gasteiger partial charge in [-0.3, -0.25) is 9.78 Å². The summed E-state index contributed by atoms with van der Waals surface area (Å²) in [5.74, 6) is 0.847. The Hall–Kier alpha value is -3.19. The fourth-order valence-corrected chi connectivity index (χ4v) is 2.82. The lowest BCUT2D eigenvalue weighted by molar-refractivity contribution is -0.109. The number of aromatic nitrogens is 1. The largest absolute Gasteiger partial charge is 0.508 e. The van der Waals surface area contributed by atoms with Gasteiger partial charge in [-0.2, -0.15) is 0 Å². The number of anilines is 1. The minimum Gasteiger partial charge on any atom is -0.508 e. The lowest BCUT2D eigenvalue weighted by Crippen LogP contribution is -2.12. The van der Waals surface area contributed by atoms with Gasteiger partial charge in [-0.05, 0) is 24.3 Å². The molecule has 0 radical (unpaired) electrons. The summed E-state index contributed by atoms with van der Waals surface area (Å²) in [7, 11) is 0. The minimum absolute atomic E-state index is 0.0597. The van der Waals surface area contributed by atoms with Crippen LogP contribution in [0.1, 0.15) is 0 Å². The summed E-state index contributed by atoms with van der Waals surface area (Å²) >= 11 is 0.871. The number of para-hydroxylation sites is 1. The van der Waals surface area contributed by atoms with E-state index >= 15 is 0 Å². The molecule has 0 fully saturated rings. The minimum atomic E-state index is -0.341. The highest BCUT2D eigenvalue weighted by Crippen LogP contribution is 2.36. The van der Waals surface area contributed by atoms with Gasteiger partial charge < -0.3 is 19.3 Å². The maximum atomic E-state index is 12.3. The van der Waals surface area contributed by atoms with E-state index in [0.29, 0.717) is 17.2 Å². The molecular weight excluding hydrogens is 340 g/mol. The van der Waals surface area contributed by atoms with Crippen LogP contribution in [-0.2, 0) is 4.79 Å². The Labute approximate surface area is 147 Å². The van der Waals surface area contributed by atoms with Crippen molar-refractivity contribution < 1.29 is 19.4 Å². The number of hydrogen-bond donors (Lipinski definition) is 2. The molecule has 25 heavy (non-hydrogen) atoms. The summed E-state index contributed by atoms with van der Waals surface area (Å²) in [4.78, 5) is 16.6. The zero-order valence-electron chi connectivity index (χ0n) is 12.8. The van der Waals surface area contributed by atoms with Gasteiger partial charge in [0.25, 0.3) is 5.12 Å². The van der Waals surface area contributed by atoms with E-state index in [1.165, 1.54) is 24.5 Å². The second kappa shape index (κ2) is 6.37. The van der Waals surface area contributed by atoms with E-state index in [2.05, 4.69) is 9.71 Å². The molecule has 4 rings (SSSR count). The van der Waals surface area contributed by atoms with E-state index in [9.17, 15) is 9.90 Å². The number of pyridine rings is 1. The van der Waals surface area contributed by atoms with Crippen molar-refractivity contribution in [3.05, 3.63) is 66.7 Å². The van der Waals surface area contributed by atoms with E-state index in [0.717, 1.165) is 22.9 Å². The van der Waals surface area contributed by atoms with Gasteiger partial charge in [0, 0.05) is 23.4 Å². The summed E-state index contributed by atoms with van der Waals surface area (Å²) < 4.78 is 13.8. The highest BCUT2D eigenvalue weighted by Gasteiger charge is 2.21. The third-order valence-electron chi connectivity index (χ3n) is 3.49. The normalized spacial score (nSPS) is 12.6. The summed E-state index contributed by atoms with van der Waals surface area (Å²) in [5, 5.41) is 10.0. The summed E-state index contributed by atoms with van der Waals surface area (Å²) in [6, 6.07) is 14.0. The maximum absolute atomic E-state index is 12.3. The number of carbonyl (C=O) groups is 1. The van der Waals surface area contributed by atoms with Crippen LogP contribution in [0, 0.1) is 0 Å². The second-order valence-electron chi connectivity index (χ2n) is 5.24. The number of phenolic OH excluding ortho intramolecular Hbond substituents is 1. The third kappa shape index (κ3) is 3.22. The molecule has 0 amide bonds. The lowest BCUT2D eigenvalue weighted by atomic mass is 10.2. The molecule has 0 saturated carbocycles. The molecule has 0 aliphatic carbocycles. The standard InChI is InChI=1S/C18H12N2O4S/c21-13-5-6-15-16(8-13)23-10-17(24-15)18(22)25-20-12-7-11-3-1-2-4-14(11)19-9-12/h1-10,20-21H. The topological polar surface area (TPSA) is 80.7 Å². The van der Waals surface area contributed by atoms with E-state index in [-0.39, 0.29) is 16.6 Å². The molecule has 6 nitrogen and oxygen atoms in total. The molecule has 0 atom stereocenters. The van der Waals surface area contributed by atoms with E-state index in [4.69, 9.17) is 9.47 Å². The van der Waals surface area contributed by atoms with Crippen molar-refractivity contribution in [3.8, 4) is 17.2 Å². The molecule has 7 heteroatoms. The first-order chi connectivity index (χ1) is 12.2. The Morgan fingerprint density at radius 2 is 2.00 bits per heavy atom. The Morgan fingerprint density at radius 1 is 1.12 bits per heavy atom. The van der Waals surface area contributed by atoms with Crippen LogP contribution in [0.3, 0.4) is 0 Å². The second-order valence-corrected chi connectivity index (χ2v) is 6.02. The Kier molecular flexibility index (Phi) is 3.91. The third-order valence-corrected chi connectivity index (χ3v) is 4.22. The fourth-order valence-electron chi connectivity index (χ4n) is 2.30. The van der Waals surface area contributed by atoms with Crippen LogP contribution in [0.5, 0.6) is 17.2 Å². The van der Waals surface area contributed by atoms with Crippen LogP contribution in [0.4, 0.5) is 5.69 Å². The van der Waals surface area contributed by atoms with Crippen LogP contribution in [0.15, 0.2) is 66.7 Å². The first kappa shape index (κ1) is 15.3. The van der Waals surface area contributed by atoms with Crippen molar-refractivity contribution in [1.82, 2.24) is 4.98 Å². The number of rotatable bonds is 3. The number of nitrogens with one attached hydrogen (secondary N) is 1. The molecule has 0 saturated heterocycles. The molecular formula is C18H12N2O4S. The average Bonchev–Trinajstić information content (AvgIpc) is 2.65. The van der Waals surface area contributed by atoms with Crippen molar-refractivity contribution in [1.29, 1.82) is 0 Å². The molecule has 1 aromatic heterocycles. The molecule has 124 valence electrons. The number of carbonyl (C=O) groups excluding carboxylic acids is 1. The molecule has 1 aliphatic heterocycles. The van der Waals surface area contributed by atoms with E-state index < -0.39 is 0 Å². The van der Waals surface area contributed by atoms with Crippen molar-refractivity contribution in [2.75, 3.05) is 4.72 Å². The first-order valence-electron chi connectivity index (χ1n) is 7.39. The fraction of sp³-hybridized carbons (Fsp3) is 0. The molecule has 2 aromatic carbocycles. The number of hydrogen-bond acceptors (Lipinski definition) is 7. The average molecular weight is 352 g/mol. The number of ether oxygens (including phenoxy) is 2. The first-order valence-corrected chi connectivity index (χ1v) is 8.20. The predicted octanol–water partition coefficient (Wildman–Crippen LogP) is 3.84. The van der Waals surface area contributed by atoms with Crippen LogP contribution in [0.2, 0.25) is 0 Å². The van der Waals surface area contributed by atoms with Gasteiger partial charge in [0.1, 0.15) is 12.0 Å². The molecule has 2 N–H and O–H groups in total. The molecule has 0 unspecified atom stereocenters. The monoisotopic (exact) mass is 352 g/mol. The zero-order chi connectivity index (χ0) is 17.2. The number of aromatic hydroxyl groups is 1. The quantitative estimate of drug-likeness (QED) is 0.693. The molecule has 0 spiro atoms. The van der Waals surface area contributed by atoms with Gasteiger partial charge in [-0.1, -0.05) is 18.2 Å². The van der Waals surface area contributed by atoms with Crippen LogP contribution >= 0.6 is 11.9 Å². The maximum Gasteiger partial charge on any atom is 0.278 e. The van der Waals surface area contributed by atoms with Gasteiger partial charge in [0.15, 0.2) is 11.5 Å². The molecule has 2 heterocycles. The van der Waals surface area contributed by atoms with Crippen LogP contribution in [-0.4, -0.2) is 15.2 Å². The van der Waals surface area contributed by atoms with Gasteiger partial charge >= 0.3 is 0 Å². The van der Waals surface area contributed by atoms with Crippen LogP contribution in [0.25, 0.3) is 10.9 Å². The molecule has 3 aromatic rings. The summed E-state index contributed by atoms with van der Waals surface area (Å²) in [5.41, 5.74) is 1.59. The number of nitrogens with zero attached hydrogens (tertiary/aromatic N) is 1. The highest BCUT2D eigenvalue weighted by molar-refractivity contribution is 8.15. The Bertz CT molecular complexity index is 1000. The van der Waals surface area contributed by atoms with E-state index in [1.807, 2.05) is 30.3 Å². The number of phenols is 1.